The number of benzene rings is 2. The van der Waals surface area contributed by atoms with Crippen molar-refractivity contribution in [2.75, 3.05) is 0 Å². The van der Waals surface area contributed by atoms with E-state index >= 15 is 0 Å². The van der Waals surface area contributed by atoms with Crippen LogP contribution in [0.1, 0.15) is 50.8 Å². The molecule has 0 aliphatic carbocycles. The van der Waals surface area contributed by atoms with Crippen molar-refractivity contribution in [1.82, 2.24) is 10.6 Å². The number of rotatable bonds is 6. The predicted molar refractivity (Wildman–Crippen MR) is 97.1 cm³/mol. The van der Waals surface area contributed by atoms with Gasteiger partial charge in [-0.15, -0.1) is 0 Å². The molecule has 0 spiro atoms. The second-order valence-electron chi connectivity index (χ2n) is 6.23. The lowest BCUT2D eigenvalue weighted by Gasteiger charge is -2.20. The second-order valence-corrected chi connectivity index (χ2v) is 6.23. The minimum atomic E-state index is -0.419. The van der Waals surface area contributed by atoms with Crippen LogP contribution >= 0.6 is 0 Å². The van der Waals surface area contributed by atoms with Crippen LogP contribution in [0.15, 0.2) is 54.6 Å². The Hall–Kier alpha value is -2.49. The van der Waals surface area contributed by atoms with Gasteiger partial charge in [0.05, 0.1) is 6.04 Å². The summed E-state index contributed by atoms with van der Waals surface area (Å²) < 4.78 is 5.74. The maximum Gasteiger partial charge on any atom is 0.318 e. The molecule has 2 aromatic carbocycles. The van der Waals surface area contributed by atoms with E-state index in [0.29, 0.717) is 5.92 Å². The van der Waals surface area contributed by atoms with E-state index in [1.54, 1.807) is 0 Å². The molecule has 0 aliphatic rings. The van der Waals surface area contributed by atoms with E-state index in [1.807, 2.05) is 68.4 Å². The quantitative estimate of drug-likeness (QED) is 0.763. The van der Waals surface area contributed by atoms with Crippen molar-refractivity contribution in [1.29, 1.82) is 0 Å². The van der Waals surface area contributed by atoms with Crippen molar-refractivity contribution < 1.29 is 9.53 Å². The third-order valence-electron chi connectivity index (χ3n) is 3.84. The molecule has 0 saturated heterocycles. The molecule has 0 heterocycles. The minimum Gasteiger partial charge on any atom is -0.471 e. The monoisotopic (exact) mass is 326 g/mol. The van der Waals surface area contributed by atoms with Gasteiger partial charge in [-0.05, 0) is 43.0 Å². The Bertz CT molecular complexity index is 638. The highest BCUT2D eigenvalue weighted by atomic mass is 16.5. The van der Waals surface area contributed by atoms with Gasteiger partial charge in [-0.25, -0.2) is 4.79 Å². The fraction of sp³-hybridized carbons (Fsp3) is 0.350. The lowest BCUT2D eigenvalue weighted by atomic mass is 10.0. The van der Waals surface area contributed by atoms with Crippen LogP contribution in [-0.2, 0) is 0 Å². The molecule has 24 heavy (non-hydrogen) atoms. The summed E-state index contributed by atoms with van der Waals surface area (Å²) in [6.45, 7) is 8.06. The Balaban J connectivity index is 1.83. The van der Waals surface area contributed by atoms with Crippen molar-refractivity contribution in [3.63, 3.8) is 0 Å². The molecule has 2 atom stereocenters. The van der Waals surface area contributed by atoms with Gasteiger partial charge in [0, 0.05) is 0 Å². The Morgan fingerprint density at radius 1 is 0.833 bits per heavy atom. The van der Waals surface area contributed by atoms with E-state index in [4.69, 9.17) is 4.74 Å². The molecular formula is C20H26N2O2. The average molecular weight is 326 g/mol. The highest BCUT2D eigenvalue weighted by molar-refractivity contribution is 5.74. The van der Waals surface area contributed by atoms with Gasteiger partial charge in [0.2, 0.25) is 0 Å². The molecule has 0 radical (unpaired) electrons. The van der Waals surface area contributed by atoms with Crippen LogP contribution in [0.4, 0.5) is 4.79 Å². The third kappa shape index (κ3) is 5.30. The summed E-state index contributed by atoms with van der Waals surface area (Å²) in [4.78, 5) is 12.1. The lowest BCUT2D eigenvalue weighted by Crippen LogP contribution is -2.44. The van der Waals surface area contributed by atoms with Crippen LogP contribution in [0.5, 0.6) is 5.75 Å². The van der Waals surface area contributed by atoms with Crippen molar-refractivity contribution in [2.45, 2.75) is 45.9 Å². The summed E-state index contributed by atoms with van der Waals surface area (Å²) in [6.07, 6.45) is -0.419. The van der Waals surface area contributed by atoms with Gasteiger partial charge < -0.3 is 15.4 Å². The Kier molecular flexibility index (Phi) is 6.24. The van der Waals surface area contributed by atoms with Crippen LogP contribution in [-0.4, -0.2) is 12.3 Å². The zero-order chi connectivity index (χ0) is 17.5. The highest BCUT2D eigenvalue weighted by Crippen LogP contribution is 2.19. The van der Waals surface area contributed by atoms with Crippen molar-refractivity contribution >= 4 is 6.03 Å². The first-order valence-electron chi connectivity index (χ1n) is 8.34. The summed E-state index contributed by atoms with van der Waals surface area (Å²) in [5.74, 6) is 1.23. The molecule has 2 aromatic rings. The standard InChI is InChI=1S/C20H26N2O2/c1-14(2)17-10-12-19(13-11-17)24-16(4)22-20(23)21-15(3)18-8-6-5-7-9-18/h5-16H,1-4H3,(H2,21,22,23). The number of hydrogen-bond donors (Lipinski definition) is 2. The third-order valence-corrected chi connectivity index (χ3v) is 3.84. The predicted octanol–water partition coefficient (Wildman–Crippen LogP) is 4.60. The largest absolute Gasteiger partial charge is 0.471 e. The summed E-state index contributed by atoms with van der Waals surface area (Å²) in [6, 6.07) is 17.5. The Labute approximate surface area is 144 Å². The number of ether oxygens (including phenoxy) is 1. The highest BCUT2D eigenvalue weighted by Gasteiger charge is 2.12. The lowest BCUT2D eigenvalue weighted by molar-refractivity contribution is 0.175. The van der Waals surface area contributed by atoms with Gasteiger partial charge in [0.25, 0.3) is 0 Å². The Morgan fingerprint density at radius 3 is 2.04 bits per heavy atom. The number of carbonyl (C=O) groups excluding carboxylic acids is 1. The smallest absolute Gasteiger partial charge is 0.318 e. The number of urea groups is 1. The van der Waals surface area contributed by atoms with Crippen LogP contribution in [0.25, 0.3) is 0 Å². The Morgan fingerprint density at radius 2 is 1.46 bits per heavy atom. The molecule has 2 unspecified atom stereocenters. The van der Waals surface area contributed by atoms with Crippen LogP contribution < -0.4 is 15.4 Å². The first-order chi connectivity index (χ1) is 11.5. The van der Waals surface area contributed by atoms with E-state index in [9.17, 15) is 4.79 Å². The molecule has 0 fully saturated rings. The SMILES string of the molecule is CC(NC(=O)NC(C)c1ccccc1)Oc1ccc(C(C)C)cc1. The van der Waals surface area contributed by atoms with Gasteiger partial charge in [-0.1, -0.05) is 56.3 Å². The molecule has 2 amide bonds. The van der Waals surface area contributed by atoms with Gasteiger partial charge in [0.15, 0.2) is 6.23 Å². The summed E-state index contributed by atoms with van der Waals surface area (Å²) >= 11 is 0. The molecule has 0 bridgehead atoms. The van der Waals surface area contributed by atoms with Crippen molar-refractivity contribution in [3.8, 4) is 5.75 Å². The molecule has 0 saturated carbocycles. The van der Waals surface area contributed by atoms with E-state index in [-0.39, 0.29) is 12.1 Å². The number of hydrogen-bond acceptors (Lipinski definition) is 2. The maximum absolute atomic E-state index is 12.1. The zero-order valence-corrected chi connectivity index (χ0v) is 14.7. The first kappa shape index (κ1) is 17.9. The fourth-order valence-corrected chi connectivity index (χ4v) is 2.41. The minimum absolute atomic E-state index is 0.0660. The molecule has 4 nitrogen and oxygen atoms in total. The van der Waals surface area contributed by atoms with Gasteiger partial charge in [0.1, 0.15) is 5.75 Å². The van der Waals surface area contributed by atoms with Crippen molar-refractivity contribution in [2.24, 2.45) is 0 Å². The van der Waals surface area contributed by atoms with Gasteiger partial charge in [-0.3, -0.25) is 0 Å². The molecular weight excluding hydrogens is 300 g/mol. The molecule has 128 valence electrons. The molecule has 0 aromatic heterocycles. The van der Waals surface area contributed by atoms with Crippen LogP contribution in [0.3, 0.4) is 0 Å². The van der Waals surface area contributed by atoms with Gasteiger partial charge in [-0.2, -0.15) is 0 Å². The van der Waals surface area contributed by atoms with Crippen LogP contribution in [0, 0.1) is 0 Å². The summed E-state index contributed by atoms with van der Waals surface area (Å²) in [5.41, 5.74) is 2.32. The van der Waals surface area contributed by atoms with Gasteiger partial charge >= 0.3 is 6.03 Å². The van der Waals surface area contributed by atoms with E-state index in [2.05, 4.69) is 24.5 Å². The topological polar surface area (TPSA) is 50.4 Å². The molecule has 4 heteroatoms. The summed E-state index contributed by atoms with van der Waals surface area (Å²) in [5, 5.41) is 5.70. The molecule has 2 N–H and O–H groups in total. The normalized spacial score (nSPS) is 13.2. The van der Waals surface area contributed by atoms with E-state index < -0.39 is 6.23 Å². The number of nitrogens with one attached hydrogen (secondary N) is 2. The van der Waals surface area contributed by atoms with Crippen molar-refractivity contribution in [3.05, 3.63) is 65.7 Å². The second kappa shape index (κ2) is 8.39. The van der Waals surface area contributed by atoms with E-state index in [1.165, 1.54) is 5.56 Å². The molecule has 2 rings (SSSR count). The zero-order valence-electron chi connectivity index (χ0n) is 14.7. The van der Waals surface area contributed by atoms with Crippen LogP contribution in [0.2, 0.25) is 0 Å². The molecule has 0 aliphatic heterocycles. The fourth-order valence-electron chi connectivity index (χ4n) is 2.41. The number of amides is 2. The first-order valence-corrected chi connectivity index (χ1v) is 8.34. The number of carbonyl (C=O) groups is 1. The summed E-state index contributed by atoms with van der Waals surface area (Å²) in [7, 11) is 0. The maximum atomic E-state index is 12.1. The van der Waals surface area contributed by atoms with E-state index in [0.717, 1.165) is 11.3 Å². The average Bonchev–Trinajstić information content (AvgIpc) is 2.55.